The molecule has 5 nitrogen and oxygen atoms in total. The number of aliphatic carboxylic acids is 1. The van der Waals surface area contributed by atoms with Crippen LogP contribution in [-0.4, -0.2) is 27.4 Å². The summed E-state index contributed by atoms with van der Waals surface area (Å²) in [4.78, 5) is 11.1. The molecule has 1 aromatic carbocycles. The van der Waals surface area contributed by atoms with Crippen LogP contribution in [0.5, 0.6) is 0 Å². The molecule has 1 atom stereocenters. The van der Waals surface area contributed by atoms with Crippen LogP contribution in [0, 0.1) is 0 Å². The summed E-state index contributed by atoms with van der Waals surface area (Å²) in [6, 6.07) is 5.34. The fourth-order valence-corrected chi connectivity index (χ4v) is 2.26. The normalized spacial score (nSPS) is 12.9. The van der Waals surface area contributed by atoms with Crippen LogP contribution in [0.1, 0.15) is 11.5 Å². The Morgan fingerprint density at radius 3 is 2.94 bits per heavy atom. The van der Waals surface area contributed by atoms with Gasteiger partial charge in [0.1, 0.15) is 0 Å². The smallest absolute Gasteiger partial charge is 0.312 e. The Balaban J connectivity index is 2.73. The molecule has 0 aliphatic rings. The van der Waals surface area contributed by atoms with E-state index < -0.39 is 11.9 Å². The summed E-state index contributed by atoms with van der Waals surface area (Å²) in [5, 5.41) is 14.2. The quantitative estimate of drug-likeness (QED) is 0.865. The molecule has 0 aliphatic heterocycles. The number of hydrogen-bond acceptors (Lipinski definition) is 3. The van der Waals surface area contributed by atoms with Crippen molar-refractivity contribution in [2.45, 2.75) is 5.92 Å². The van der Waals surface area contributed by atoms with Crippen LogP contribution in [0.25, 0.3) is 10.9 Å². The molecule has 0 bridgehead atoms. The Morgan fingerprint density at radius 1 is 1.65 bits per heavy atom. The lowest BCUT2D eigenvalue weighted by molar-refractivity contribution is -0.138. The van der Waals surface area contributed by atoms with Crippen LogP contribution in [0.2, 0.25) is 5.15 Å². The Kier molecular flexibility index (Phi) is 3.04. The number of nitrogens with zero attached hydrogens (tertiary/aromatic N) is 2. The van der Waals surface area contributed by atoms with Crippen molar-refractivity contribution in [3.63, 3.8) is 0 Å². The van der Waals surface area contributed by atoms with E-state index in [2.05, 4.69) is 5.10 Å². The molecular weight excluding hydrogens is 242 g/mol. The molecule has 2 aromatic rings. The molecular formula is C11H12ClN3O2. The average Bonchev–Trinajstić information content (AvgIpc) is 2.56. The highest BCUT2D eigenvalue weighted by molar-refractivity contribution is 6.34. The summed E-state index contributed by atoms with van der Waals surface area (Å²) < 4.78 is 1.62. The molecule has 3 N–H and O–H groups in total. The number of aryl methyl sites for hydroxylation is 1. The molecule has 0 aliphatic carbocycles. The first-order valence-corrected chi connectivity index (χ1v) is 5.48. The number of fused-ring (bicyclic) bond motifs is 1. The first-order chi connectivity index (χ1) is 8.06. The molecule has 2 rings (SSSR count). The van der Waals surface area contributed by atoms with Crippen LogP contribution >= 0.6 is 11.6 Å². The van der Waals surface area contributed by atoms with Crippen molar-refractivity contribution in [1.29, 1.82) is 0 Å². The van der Waals surface area contributed by atoms with Crippen molar-refractivity contribution in [1.82, 2.24) is 9.78 Å². The third kappa shape index (κ3) is 1.87. The van der Waals surface area contributed by atoms with E-state index in [1.807, 2.05) is 6.07 Å². The second-order valence-corrected chi connectivity index (χ2v) is 4.14. The molecule has 90 valence electrons. The minimum Gasteiger partial charge on any atom is -0.481 e. The van der Waals surface area contributed by atoms with E-state index in [-0.39, 0.29) is 6.54 Å². The number of carbonyl (C=O) groups is 1. The summed E-state index contributed by atoms with van der Waals surface area (Å²) in [6.07, 6.45) is 0. The number of hydrogen-bond donors (Lipinski definition) is 2. The van der Waals surface area contributed by atoms with Gasteiger partial charge in [-0.25, -0.2) is 0 Å². The topological polar surface area (TPSA) is 81.1 Å². The fraction of sp³-hybridized carbons (Fsp3) is 0.273. The van der Waals surface area contributed by atoms with Crippen molar-refractivity contribution in [3.8, 4) is 0 Å². The number of halogens is 1. The number of nitrogens with two attached hydrogens (primary N) is 1. The van der Waals surface area contributed by atoms with E-state index in [9.17, 15) is 4.79 Å². The van der Waals surface area contributed by atoms with Crippen LogP contribution in [0.3, 0.4) is 0 Å². The lowest BCUT2D eigenvalue weighted by atomic mass is 9.96. The van der Waals surface area contributed by atoms with Crippen molar-refractivity contribution < 1.29 is 9.90 Å². The van der Waals surface area contributed by atoms with E-state index in [0.717, 1.165) is 5.52 Å². The standard InChI is InChI=1S/C11H12ClN3O2/c1-15-8-4-2-3-6(7(5-13)11(16)17)9(8)10(12)14-15/h2-4,7H,5,13H2,1H3,(H,16,17). The Hall–Kier alpha value is -1.59. The minimum atomic E-state index is -0.958. The van der Waals surface area contributed by atoms with Gasteiger partial charge < -0.3 is 10.8 Å². The van der Waals surface area contributed by atoms with Gasteiger partial charge in [0.2, 0.25) is 0 Å². The van der Waals surface area contributed by atoms with Gasteiger partial charge >= 0.3 is 5.97 Å². The fourth-order valence-electron chi connectivity index (χ4n) is 1.94. The summed E-state index contributed by atoms with van der Waals surface area (Å²) in [5.74, 6) is -1.72. The van der Waals surface area contributed by atoms with Gasteiger partial charge in [0.05, 0.1) is 11.4 Å². The van der Waals surface area contributed by atoms with E-state index >= 15 is 0 Å². The molecule has 0 amide bonds. The zero-order chi connectivity index (χ0) is 12.6. The summed E-state index contributed by atoms with van der Waals surface area (Å²) >= 11 is 6.02. The number of benzene rings is 1. The minimum absolute atomic E-state index is 0.0275. The SMILES string of the molecule is Cn1nc(Cl)c2c(C(CN)C(=O)O)cccc21. The van der Waals surface area contributed by atoms with Crippen molar-refractivity contribution in [3.05, 3.63) is 28.9 Å². The maximum absolute atomic E-state index is 11.1. The van der Waals surface area contributed by atoms with Gasteiger partial charge in [0.15, 0.2) is 5.15 Å². The molecule has 1 unspecified atom stereocenters. The second kappa shape index (κ2) is 4.35. The predicted molar refractivity (Wildman–Crippen MR) is 65.2 cm³/mol. The van der Waals surface area contributed by atoms with Crippen molar-refractivity contribution >= 4 is 28.5 Å². The summed E-state index contributed by atoms with van der Waals surface area (Å²) in [7, 11) is 1.76. The Morgan fingerprint density at radius 2 is 2.35 bits per heavy atom. The largest absolute Gasteiger partial charge is 0.481 e. The zero-order valence-electron chi connectivity index (χ0n) is 9.22. The van der Waals surface area contributed by atoms with Crippen LogP contribution < -0.4 is 5.73 Å². The molecule has 0 fully saturated rings. The predicted octanol–water partition coefficient (Wildman–Crippen LogP) is 1.35. The molecule has 1 aromatic heterocycles. The van der Waals surface area contributed by atoms with Gasteiger partial charge in [-0.3, -0.25) is 9.48 Å². The van der Waals surface area contributed by atoms with Gasteiger partial charge in [-0.05, 0) is 11.6 Å². The monoisotopic (exact) mass is 253 g/mol. The first-order valence-electron chi connectivity index (χ1n) is 5.10. The van der Waals surface area contributed by atoms with Crippen LogP contribution in [-0.2, 0) is 11.8 Å². The third-order valence-electron chi connectivity index (χ3n) is 2.78. The Labute approximate surface area is 103 Å². The molecule has 0 radical (unpaired) electrons. The molecule has 17 heavy (non-hydrogen) atoms. The van der Waals surface area contributed by atoms with E-state index in [0.29, 0.717) is 16.1 Å². The van der Waals surface area contributed by atoms with Crippen molar-refractivity contribution in [2.75, 3.05) is 6.54 Å². The highest BCUT2D eigenvalue weighted by atomic mass is 35.5. The highest BCUT2D eigenvalue weighted by Crippen LogP contribution is 2.30. The number of rotatable bonds is 3. The van der Waals surface area contributed by atoms with Crippen LogP contribution in [0.4, 0.5) is 0 Å². The zero-order valence-corrected chi connectivity index (χ0v) is 9.98. The van der Waals surface area contributed by atoms with Crippen molar-refractivity contribution in [2.24, 2.45) is 12.8 Å². The second-order valence-electron chi connectivity index (χ2n) is 3.78. The van der Waals surface area contributed by atoms with E-state index in [1.165, 1.54) is 0 Å². The lowest BCUT2D eigenvalue weighted by Gasteiger charge is -2.11. The average molecular weight is 254 g/mol. The van der Waals surface area contributed by atoms with Gasteiger partial charge in [-0.1, -0.05) is 23.7 Å². The number of carboxylic acids is 1. The first kappa shape index (κ1) is 11.9. The molecule has 1 heterocycles. The van der Waals surface area contributed by atoms with Gasteiger partial charge in [0, 0.05) is 19.0 Å². The Bertz CT molecular complexity index is 579. The third-order valence-corrected chi connectivity index (χ3v) is 3.04. The van der Waals surface area contributed by atoms with Gasteiger partial charge in [-0.15, -0.1) is 0 Å². The van der Waals surface area contributed by atoms with Crippen LogP contribution in [0.15, 0.2) is 18.2 Å². The van der Waals surface area contributed by atoms with E-state index in [1.54, 1.807) is 23.9 Å². The molecule has 0 saturated carbocycles. The van der Waals surface area contributed by atoms with E-state index in [4.69, 9.17) is 22.4 Å². The molecule has 0 saturated heterocycles. The molecule has 6 heteroatoms. The maximum atomic E-state index is 11.1. The summed E-state index contributed by atoms with van der Waals surface area (Å²) in [6.45, 7) is 0.0275. The van der Waals surface area contributed by atoms with Gasteiger partial charge in [0.25, 0.3) is 0 Å². The molecule has 0 spiro atoms. The number of carboxylic acid groups (broad SMARTS) is 1. The van der Waals surface area contributed by atoms with Gasteiger partial charge in [-0.2, -0.15) is 5.10 Å². The number of aromatic nitrogens is 2. The highest BCUT2D eigenvalue weighted by Gasteiger charge is 2.23. The lowest BCUT2D eigenvalue weighted by Crippen LogP contribution is -2.21. The summed E-state index contributed by atoms with van der Waals surface area (Å²) in [5.41, 5.74) is 6.91. The maximum Gasteiger partial charge on any atom is 0.312 e.